The van der Waals surface area contributed by atoms with Crippen LogP contribution in [0.2, 0.25) is 0 Å². The summed E-state index contributed by atoms with van der Waals surface area (Å²) >= 11 is -0.377. The summed E-state index contributed by atoms with van der Waals surface area (Å²) in [6.07, 6.45) is 5.40. The van der Waals surface area contributed by atoms with Crippen LogP contribution >= 0.6 is 0 Å². The first-order valence-electron chi connectivity index (χ1n) is 4.72. The monoisotopic (exact) mass is 279 g/mol. The van der Waals surface area contributed by atoms with Crippen LogP contribution in [0, 0.1) is 0 Å². The summed E-state index contributed by atoms with van der Waals surface area (Å²) in [6, 6.07) is 9.78. The molecule has 0 bridgehead atoms. The molecule has 80 valence electrons. The standard InChI is InChI=1S/C12H9NO2Se/c14-11-10(16-12(15)13-11)8-4-7-9-5-2-1-3-6-9/h1-8H,(H,13,14,15)/b7-4+,10-8+. The van der Waals surface area contributed by atoms with Gasteiger partial charge in [-0.1, -0.05) is 0 Å². The van der Waals surface area contributed by atoms with Crippen LogP contribution < -0.4 is 5.32 Å². The summed E-state index contributed by atoms with van der Waals surface area (Å²) < 4.78 is 0.574. The van der Waals surface area contributed by atoms with E-state index in [4.69, 9.17) is 0 Å². The molecule has 1 aromatic carbocycles. The summed E-state index contributed by atoms with van der Waals surface area (Å²) in [7, 11) is 0. The molecular weight excluding hydrogens is 269 g/mol. The molecular formula is C12H9NO2Se. The molecule has 16 heavy (non-hydrogen) atoms. The quantitative estimate of drug-likeness (QED) is 0.659. The predicted molar refractivity (Wildman–Crippen MR) is 62.9 cm³/mol. The van der Waals surface area contributed by atoms with Gasteiger partial charge in [0.15, 0.2) is 0 Å². The number of hydrogen-bond acceptors (Lipinski definition) is 2. The van der Waals surface area contributed by atoms with E-state index < -0.39 is 0 Å². The molecule has 0 saturated carbocycles. The molecule has 1 N–H and O–H groups in total. The first kappa shape index (κ1) is 10.9. The van der Waals surface area contributed by atoms with Crippen LogP contribution in [0.5, 0.6) is 0 Å². The molecule has 1 fully saturated rings. The Labute approximate surface area is 99.4 Å². The van der Waals surface area contributed by atoms with Gasteiger partial charge in [0.25, 0.3) is 0 Å². The molecule has 0 aliphatic carbocycles. The van der Waals surface area contributed by atoms with Crippen molar-refractivity contribution in [2.45, 2.75) is 0 Å². The van der Waals surface area contributed by atoms with Crippen LogP contribution in [-0.4, -0.2) is 25.7 Å². The average Bonchev–Trinajstić information content (AvgIpc) is 2.59. The van der Waals surface area contributed by atoms with Gasteiger partial charge in [-0.05, 0) is 0 Å². The van der Waals surface area contributed by atoms with Gasteiger partial charge in [0.2, 0.25) is 0 Å². The zero-order valence-electron chi connectivity index (χ0n) is 8.34. The second-order valence-electron chi connectivity index (χ2n) is 3.14. The van der Waals surface area contributed by atoms with Crippen LogP contribution in [-0.2, 0) is 4.79 Å². The molecule has 0 unspecified atom stereocenters. The molecule has 1 aliphatic heterocycles. The third-order valence-corrected chi connectivity index (χ3v) is 3.72. The fraction of sp³-hybridized carbons (Fsp3) is 0. The van der Waals surface area contributed by atoms with Crippen molar-refractivity contribution in [3.8, 4) is 0 Å². The molecule has 1 saturated heterocycles. The molecule has 0 radical (unpaired) electrons. The number of imide groups is 1. The van der Waals surface area contributed by atoms with Crippen molar-refractivity contribution in [3.05, 3.63) is 52.5 Å². The predicted octanol–water partition coefficient (Wildman–Crippen LogP) is 1.54. The number of rotatable bonds is 2. The SMILES string of the molecule is O=C1NC(=O)/C(=C\C=C\c2ccccc2)[Se]1. The third kappa shape index (κ3) is 2.69. The number of hydrogen-bond donors (Lipinski definition) is 1. The van der Waals surface area contributed by atoms with Gasteiger partial charge in [-0.15, -0.1) is 0 Å². The Balaban J connectivity index is 2.07. The van der Waals surface area contributed by atoms with E-state index >= 15 is 0 Å². The van der Waals surface area contributed by atoms with Crippen molar-refractivity contribution in [1.29, 1.82) is 0 Å². The first-order valence-corrected chi connectivity index (χ1v) is 6.43. The van der Waals surface area contributed by atoms with Crippen LogP contribution in [0.4, 0.5) is 4.79 Å². The Bertz CT molecular complexity index is 477. The molecule has 2 rings (SSSR count). The Morgan fingerprint density at radius 2 is 1.88 bits per heavy atom. The Morgan fingerprint density at radius 3 is 2.50 bits per heavy atom. The van der Waals surface area contributed by atoms with Gasteiger partial charge in [-0.2, -0.15) is 0 Å². The number of carbonyl (C=O) groups excluding carboxylic acids is 2. The summed E-state index contributed by atoms with van der Waals surface area (Å²) in [5.74, 6) is -0.261. The zero-order chi connectivity index (χ0) is 11.4. The molecule has 3 nitrogen and oxygen atoms in total. The van der Waals surface area contributed by atoms with Crippen LogP contribution in [0.3, 0.4) is 0 Å². The Morgan fingerprint density at radius 1 is 1.12 bits per heavy atom. The van der Waals surface area contributed by atoms with Crippen molar-refractivity contribution < 1.29 is 9.59 Å². The van der Waals surface area contributed by atoms with Crippen molar-refractivity contribution in [1.82, 2.24) is 5.32 Å². The van der Waals surface area contributed by atoms with Gasteiger partial charge < -0.3 is 0 Å². The van der Waals surface area contributed by atoms with E-state index in [1.807, 2.05) is 36.4 Å². The maximum absolute atomic E-state index is 11.2. The van der Waals surface area contributed by atoms with Crippen LogP contribution in [0.15, 0.2) is 47.0 Å². The molecule has 0 atom stereocenters. The number of amides is 2. The van der Waals surface area contributed by atoms with Gasteiger partial charge in [-0.25, -0.2) is 0 Å². The van der Waals surface area contributed by atoms with Crippen molar-refractivity contribution in [3.63, 3.8) is 0 Å². The normalized spacial score (nSPS) is 18.4. The number of nitrogens with one attached hydrogen (secondary N) is 1. The van der Waals surface area contributed by atoms with E-state index in [9.17, 15) is 9.59 Å². The molecule has 1 aromatic rings. The summed E-state index contributed by atoms with van der Waals surface area (Å²) in [5.41, 5.74) is 1.07. The van der Waals surface area contributed by atoms with Gasteiger partial charge in [0.05, 0.1) is 0 Å². The number of carbonyl (C=O) groups is 2. The van der Waals surface area contributed by atoms with Gasteiger partial charge in [0.1, 0.15) is 0 Å². The van der Waals surface area contributed by atoms with Crippen molar-refractivity contribution >= 4 is 31.7 Å². The topological polar surface area (TPSA) is 46.2 Å². The molecule has 2 amide bonds. The van der Waals surface area contributed by atoms with Crippen LogP contribution in [0.1, 0.15) is 5.56 Å². The van der Waals surface area contributed by atoms with E-state index in [-0.39, 0.29) is 25.7 Å². The third-order valence-electron chi connectivity index (χ3n) is 1.98. The Kier molecular flexibility index (Phi) is 3.34. The average molecular weight is 278 g/mol. The van der Waals surface area contributed by atoms with Gasteiger partial charge in [0, 0.05) is 0 Å². The van der Waals surface area contributed by atoms with Gasteiger partial charge >= 0.3 is 99.2 Å². The van der Waals surface area contributed by atoms with Crippen molar-refractivity contribution in [2.75, 3.05) is 0 Å². The first-order chi connectivity index (χ1) is 7.75. The Hall–Kier alpha value is -1.64. The number of allylic oxidation sites excluding steroid dienone is 2. The van der Waals surface area contributed by atoms with Crippen LogP contribution in [0.25, 0.3) is 6.08 Å². The van der Waals surface area contributed by atoms with E-state index in [1.54, 1.807) is 12.2 Å². The van der Waals surface area contributed by atoms with E-state index in [2.05, 4.69) is 5.32 Å². The fourth-order valence-corrected chi connectivity index (χ4v) is 2.58. The summed E-state index contributed by atoms with van der Waals surface area (Å²) in [5, 5.41) is 2.26. The fourth-order valence-electron chi connectivity index (χ4n) is 1.25. The van der Waals surface area contributed by atoms with E-state index in [1.165, 1.54) is 0 Å². The summed E-state index contributed by atoms with van der Waals surface area (Å²) in [4.78, 5) is 22.0. The zero-order valence-corrected chi connectivity index (χ0v) is 10.1. The number of benzene rings is 1. The molecule has 0 aromatic heterocycles. The second-order valence-corrected chi connectivity index (χ2v) is 5.27. The molecule has 1 heterocycles. The van der Waals surface area contributed by atoms with E-state index in [0.29, 0.717) is 4.47 Å². The minimum absolute atomic E-state index is 0.170. The minimum atomic E-state index is -0.377. The molecule has 0 spiro atoms. The molecule has 1 aliphatic rings. The summed E-state index contributed by atoms with van der Waals surface area (Å²) in [6.45, 7) is 0. The van der Waals surface area contributed by atoms with E-state index in [0.717, 1.165) is 5.56 Å². The maximum atomic E-state index is 11.2. The van der Waals surface area contributed by atoms with Gasteiger partial charge in [-0.3, -0.25) is 0 Å². The van der Waals surface area contributed by atoms with Crippen molar-refractivity contribution in [2.24, 2.45) is 0 Å². The molecule has 4 heteroatoms. The second kappa shape index (κ2) is 4.92.